The molecule has 5 nitrogen and oxygen atoms in total. The van der Waals surface area contributed by atoms with Crippen molar-refractivity contribution in [3.8, 4) is 0 Å². The number of carbonyl (C=O) groups excluding carboxylic acids is 1. The largest absolute Gasteiger partial charge is 0.374 e. The Bertz CT molecular complexity index is 283. The molecule has 0 aromatic heterocycles. The highest BCUT2D eigenvalue weighted by Gasteiger charge is 2.26. The molecule has 2 aliphatic rings. The topological polar surface area (TPSA) is 44.8 Å². The molecule has 2 heterocycles. The van der Waals surface area contributed by atoms with Crippen molar-refractivity contribution in [2.24, 2.45) is 0 Å². The van der Waals surface area contributed by atoms with Crippen LogP contribution in [0.15, 0.2) is 0 Å². The summed E-state index contributed by atoms with van der Waals surface area (Å²) < 4.78 is 5.79. The number of rotatable bonds is 3. The van der Waals surface area contributed by atoms with Crippen molar-refractivity contribution in [1.29, 1.82) is 0 Å². The molecule has 2 rings (SSSR count). The van der Waals surface area contributed by atoms with Crippen LogP contribution < -0.4 is 5.32 Å². The maximum Gasteiger partial charge on any atom is 0.236 e. The maximum atomic E-state index is 11.9. The lowest BCUT2D eigenvalue weighted by Crippen LogP contribution is -2.51. The van der Waals surface area contributed by atoms with E-state index in [4.69, 9.17) is 4.74 Å². The second kappa shape index (κ2) is 6.50. The fourth-order valence-electron chi connectivity index (χ4n) is 2.59. The van der Waals surface area contributed by atoms with E-state index >= 15 is 0 Å². The van der Waals surface area contributed by atoms with Gasteiger partial charge in [0.05, 0.1) is 19.3 Å². The van der Waals surface area contributed by atoms with Gasteiger partial charge in [0, 0.05) is 32.2 Å². The van der Waals surface area contributed by atoms with E-state index < -0.39 is 0 Å². The summed E-state index contributed by atoms with van der Waals surface area (Å²) in [4.78, 5) is 16.3. The third-order valence-corrected chi connectivity index (χ3v) is 3.74. The Labute approximate surface area is 109 Å². The van der Waals surface area contributed by atoms with Gasteiger partial charge in [-0.1, -0.05) is 0 Å². The summed E-state index contributed by atoms with van der Waals surface area (Å²) in [5, 5.41) is 3.15. The highest BCUT2D eigenvalue weighted by molar-refractivity contribution is 5.78. The number of hydrogen-bond donors (Lipinski definition) is 1. The first kappa shape index (κ1) is 13.8. The monoisotopic (exact) mass is 255 g/mol. The Morgan fingerprint density at radius 3 is 3.06 bits per heavy atom. The zero-order chi connectivity index (χ0) is 13.0. The van der Waals surface area contributed by atoms with Crippen LogP contribution in [0.25, 0.3) is 0 Å². The fraction of sp³-hybridized carbons (Fsp3) is 0.923. The lowest BCUT2D eigenvalue weighted by molar-refractivity contribution is -0.133. The van der Waals surface area contributed by atoms with E-state index in [-0.39, 0.29) is 12.0 Å². The van der Waals surface area contributed by atoms with Crippen molar-refractivity contribution in [2.45, 2.75) is 32.4 Å². The maximum absolute atomic E-state index is 11.9. The number of hydrogen-bond acceptors (Lipinski definition) is 4. The third kappa shape index (κ3) is 3.67. The van der Waals surface area contributed by atoms with Crippen LogP contribution in [0.3, 0.4) is 0 Å². The zero-order valence-electron chi connectivity index (χ0n) is 11.5. The van der Waals surface area contributed by atoms with Crippen LogP contribution in [-0.2, 0) is 9.53 Å². The molecule has 0 aliphatic carbocycles. The molecule has 5 heteroatoms. The van der Waals surface area contributed by atoms with Gasteiger partial charge in [-0.3, -0.25) is 9.69 Å². The predicted octanol–water partition coefficient (Wildman–Crippen LogP) is -0.0825. The Morgan fingerprint density at radius 1 is 1.44 bits per heavy atom. The molecule has 2 aliphatic heterocycles. The lowest BCUT2D eigenvalue weighted by atomic mass is 10.2. The average Bonchev–Trinajstić information content (AvgIpc) is 2.55. The number of amides is 1. The molecule has 0 spiro atoms. The van der Waals surface area contributed by atoms with Crippen LogP contribution in [0.1, 0.15) is 20.3 Å². The number of morpholine rings is 1. The first-order valence-electron chi connectivity index (χ1n) is 7.01. The van der Waals surface area contributed by atoms with Gasteiger partial charge in [-0.15, -0.1) is 0 Å². The van der Waals surface area contributed by atoms with E-state index in [1.165, 1.54) is 0 Å². The quantitative estimate of drug-likeness (QED) is 0.766. The standard InChI is InChI=1S/C13H25N3O2/c1-11(2)15-6-7-18-12(9-15)10-16-5-3-4-14-8-13(16)17/h11-12,14H,3-10H2,1-2H3. The van der Waals surface area contributed by atoms with E-state index in [1.807, 2.05) is 4.90 Å². The molecular weight excluding hydrogens is 230 g/mol. The lowest BCUT2D eigenvalue weighted by Gasteiger charge is -2.37. The first-order valence-corrected chi connectivity index (χ1v) is 7.01. The molecule has 104 valence electrons. The van der Waals surface area contributed by atoms with Crippen LogP contribution in [0.5, 0.6) is 0 Å². The molecule has 1 atom stereocenters. The fourth-order valence-corrected chi connectivity index (χ4v) is 2.59. The third-order valence-electron chi connectivity index (χ3n) is 3.74. The molecule has 1 amide bonds. The van der Waals surface area contributed by atoms with Gasteiger partial charge in [0.15, 0.2) is 0 Å². The normalized spacial score (nSPS) is 27.6. The van der Waals surface area contributed by atoms with Gasteiger partial charge in [-0.05, 0) is 26.8 Å². The summed E-state index contributed by atoms with van der Waals surface area (Å²) in [5.41, 5.74) is 0. The zero-order valence-corrected chi connectivity index (χ0v) is 11.5. The molecule has 1 N–H and O–H groups in total. The van der Waals surface area contributed by atoms with Crippen molar-refractivity contribution in [3.05, 3.63) is 0 Å². The minimum Gasteiger partial charge on any atom is -0.374 e. The molecule has 1 unspecified atom stereocenters. The molecule has 2 fully saturated rings. The van der Waals surface area contributed by atoms with Crippen molar-refractivity contribution < 1.29 is 9.53 Å². The molecule has 18 heavy (non-hydrogen) atoms. The van der Waals surface area contributed by atoms with Crippen molar-refractivity contribution >= 4 is 5.91 Å². The van der Waals surface area contributed by atoms with Crippen LogP contribution in [-0.4, -0.2) is 73.7 Å². The van der Waals surface area contributed by atoms with Gasteiger partial charge < -0.3 is 15.0 Å². The van der Waals surface area contributed by atoms with E-state index in [1.54, 1.807) is 0 Å². The first-order chi connectivity index (χ1) is 8.66. The van der Waals surface area contributed by atoms with Crippen LogP contribution >= 0.6 is 0 Å². The Kier molecular flexibility index (Phi) is 4.97. The summed E-state index contributed by atoms with van der Waals surface area (Å²) in [5.74, 6) is 0.206. The number of ether oxygens (including phenoxy) is 1. The van der Waals surface area contributed by atoms with Crippen molar-refractivity contribution in [3.63, 3.8) is 0 Å². The summed E-state index contributed by atoms with van der Waals surface area (Å²) in [6.45, 7) is 10.2. The molecule has 0 aromatic carbocycles. The van der Waals surface area contributed by atoms with Crippen molar-refractivity contribution in [2.75, 3.05) is 45.9 Å². The van der Waals surface area contributed by atoms with E-state index in [0.29, 0.717) is 12.6 Å². The molecule has 2 saturated heterocycles. The Balaban J connectivity index is 1.85. The number of nitrogens with one attached hydrogen (secondary N) is 1. The Hall–Kier alpha value is -0.650. The average molecular weight is 255 g/mol. The number of nitrogens with zero attached hydrogens (tertiary/aromatic N) is 2. The predicted molar refractivity (Wildman–Crippen MR) is 70.5 cm³/mol. The molecule has 0 bridgehead atoms. The van der Waals surface area contributed by atoms with Gasteiger partial charge in [0.2, 0.25) is 5.91 Å². The minimum atomic E-state index is 0.170. The molecule has 0 saturated carbocycles. The number of carbonyl (C=O) groups is 1. The van der Waals surface area contributed by atoms with Crippen molar-refractivity contribution in [1.82, 2.24) is 15.1 Å². The van der Waals surface area contributed by atoms with E-state index in [2.05, 4.69) is 24.1 Å². The van der Waals surface area contributed by atoms with Gasteiger partial charge in [0.25, 0.3) is 0 Å². The summed E-state index contributed by atoms with van der Waals surface area (Å²) in [6, 6.07) is 0.554. The molecule has 0 aromatic rings. The van der Waals surface area contributed by atoms with Crippen LogP contribution in [0, 0.1) is 0 Å². The van der Waals surface area contributed by atoms with E-state index in [9.17, 15) is 4.79 Å². The van der Waals surface area contributed by atoms with Crippen LogP contribution in [0.2, 0.25) is 0 Å². The summed E-state index contributed by atoms with van der Waals surface area (Å²) in [6.07, 6.45) is 1.20. The second-order valence-corrected chi connectivity index (χ2v) is 5.45. The summed E-state index contributed by atoms with van der Waals surface area (Å²) in [7, 11) is 0. The minimum absolute atomic E-state index is 0.170. The smallest absolute Gasteiger partial charge is 0.236 e. The van der Waals surface area contributed by atoms with Crippen LogP contribution in [0.4, 0.5) is 0 Å². The van der Waals surface area contributed by atoms with Gasteiger partial charge in [-0.25, -0.2) is 0 Å². The Morgan fingerprint density at radius 2 is 2.28 bits per heavy atom. The van der Waals surface area contributed by atoms with Gasteiger partial charge in [0.1, 0.15) is 0 Å². The second-order valence-electron chi connectivity index (χ2n) is 5.45. The molecular formula is C13H25N3O2. The SMILES string of the molecule is CC(C)N1CCOC(CN2CCCNCC2=O)C1. The van der Waals surface area contributed by atoms with E-state index in [0.717, 1.165) is 45.8 Å². The molecule has 0 radical (unpaired) electrons. The highest BCUT2D eigenvalue weighted by atomic mass is 16.5. The highest BCUT2D eigenvalue weighted by Crippen LogP contribution is 2.11. The summed E-state index contributed by atoms with van der Waals surface area (Å²) >= 11 is 0. The van der Waals surface area contributed by atoms with Gasteiger partial charge in [-0.2, -0.15) is 0 Å². The van der Waals surface area contributed by atoms with Gasteiger partial charge >= 0.3 is 0 Å².